The highest BCUT2D eigenvalue weighted by Crippen LogP contribution is 2.31. The van der Waals surface area contributed by atoms with Gasteiger partial charge in [0.1, 0.15) is 29.4 Å². The lowest BCUT2D eigenvalue weighted by Gasteiger charge is -2.23. The molecule has 0 aliphatic heterocycles. The molecule has 42 nitrogen and oxygen atoms in total. The molecule has 700 valence electrons. The van der Waals surface area contributed by atoms with Gasteiger partial charge >= 0.3 is 113 Å². The predicted octanol–water partition coefficient (Wildman–Crippen LogP) is 10.6. The zero-order valence-electron chi connectivity index (χ0n) is 69.2. The Morgan fingerprint density at radius 3 is 0.764 bits per heavy atom. The number of aromatic hydroxyl groups is 2. The number of carboxylic acids is 18. The van der Waals surface area contributed by atoms with E-state index in [0.29, 0.717) is 30.8 Å². The van der Waals surface area contributed by atoms with E-state index in [4.69, 9.17) is 81.7 Å². The first-order valence-electron chi connectivity index (χ1n) is 38.9. The molecule has 0 bridgehead atoms. The number of hydrogen-bond acceptors (Lipinski definition) is 26. The van der Waals surface area contributed by atoms with Crippen molar-refractivity contribution < 1.29 is 198 Å². The first kappa shape index (κ1) is 125. The number of phenols is 2. The third-order valence-electron chi connectivity index (χ3n) is 16.0. The molecule has 2 unspecified atom stereocenters. The van der Waals surface area contributed by atoms with Gasteiger partial charge in [-0.3, -0.25) is 96.9 Å². The van der Waals surface area contributed by atoms with E-state index in [1.165, 1.54) is 65.1 Å². The fourth-order valence-corrected chi connectivity index (χ4v) is 11.4. The molecule has 0 fully saturated rings. The van der Waals surface area contributed by atoms with Gasteiger partial charge in [-0.2, -0.15) is 0 Å². The zero-order valence-corrected chi connectivity index (χ0v) is 70.9. The van der Waals surface area contributed by atoms with Crippen molar-refractivity contribution in [1.82, 2.24) is 10.6 Å². The SMILES string of the molecule is CC(C(=O)O)C(=O)O.CCCC(CCC)(C(=O)O)C(=O)O.CCCCC(C(=O)O)C(=O)O.O=C(O)C(=O)C(=O)O.O=C(O)C(NCCNC(C(=O)O)c1ccccc1O)c1ccccc1O.O=C(O)CCC(=O)CCC(=O)O.O=C(O)CCCCCCCCCCC(=O)O.O=C(O)CCCCCCCCCCCC(=O)O.O=C(O)CCSSCCC(=O)O. The number of ketones is 2. The highest BCUT2D eigenvalue weighted by molar-refractivity contribution is 8.76. The van der Waals surface area contributed by atoms with Gasteiger partial charge in [0, 0.05) is 74.2 Å². The van der Waals surface area contributed by atoms with Crippen LogP contribution in [-0.2, 0) is 95.9 Å². The van der Waals surface area contributed by atoms with E-state index in [0.717, 1.165) is 103 Å². The van der Waals surface area contributed by atoms with Crippen molar-refractivity contribution in [2.24, 2.45) is 17.3 Å². The number of carbonyl (C=O) groups is 20. The summed E-state index contributed by atoms with van der Waals surface area (Å²) in [5.74, 6) is -24.2. The lowest BCUT2D eigenvalue weighted by atomic mass is 9.79. The number of benzene rings is 2. The molecule has 0 spiro atoms. The number of Topliss-reactive ketones (excluding diaryl/α,β-unsaturated/α-hetero) is 2. The predicted molar refractivity (Wildman–Crippen MR) is 439 cm³/mol. The summed E-state index contributed by atoms with van der Waals surface area (Å²) in [5.41, 5.74) is -1.13. The average molecular weight is 1800 g/mol. The maximum atomic E-state index is 11.4. The Labute approximate surface area is 717 Å². The van der Waals surface area contributed by atoms with Gasteiger partial charge in [-0.1, -0.05) is 188 Å². The quantitative estimate of drug-likeness (QED) is 0.0127. The molecular weight excluding hydrogens is 1680 g/mol. The van der Waals surface area contributed by atoms with Crippen LogP contribution in [0.1, 0.15) is 269 Å². The number of hydrogen-bond donors (Lipinski definition) is 22. The third kappa shape index (κ3) is 80.0. The fraction of sp³-hybridized carbons (Fsp3) is 0.595. The number of phenolic OH excluding ortho intramolecular Hbond substituents is 2. The van der Waals surface area contributed by atoms with Crippen LogP contribution in [0.4, 0.5) is 0 Å². The van der Waals surface area contributed by atoms with Gasteiger partial charge in [0.05, 0.1) is 25.7 Å². The minimum absolute atomic E-state index is 0.0807. The van der Waals surface area contributed by atoms with Gasteiger partial charge in [-0.15, -0.1) is 0 Å². The number of aliphatic carboxylic acids is 18. The Hall–Kier alpha value is -11.5. The number of carbonyl (C=O) groups excluding carboxylic acids is 2. The molecular formula is C79H122N2O40S2. The Morgan fingerprint density at radius 1 is 0.317 bits per heavy atom. The molecule has 2 aromatic carbocycles. The number of nitrogens with one attached hydrogen (secondary N) is 2. The van der Waals surface area contributed by atoms with E-state index in [1.54, 1.807) is 38.1 Å². The Balaban J connectivity index is -0.000000252. The van der Waals surface area contributed by atoms with Crippen LogP contribution < -0.4 is 10.6 Å². The fourth-order valence-electron chi connectivity index (χ4n) is 9.41. The second-order valence-electron chi connectivity index (χ2n) is 26.3. The van der Waals surface area contributed by atoms with Gasteiger partial charge in [0.25, 0.3) is 0 Å². The maximum Gasteiger partial charge on any atom is 0.384 e. The summed E-state index contributed by atoms with van der Waals surface area (Å²) in [6.45, 7) is 6.84. The summed E-state index contributed by atoms with van der Waals surface area (Å²) >= 11 is 0. The maximum absolute atomic E-state index is 11.4. The molecule has 0 aliphatic rings. The summed E-state index contributed by atoms with van der Waals surface area (Å²) in [6, 6.07) is 9.91. The molecule has 0 aliphatic carbocycles. The van der Waals surface area contributed by atoms with Crippen molar-refractivity contribution in [2.75, 3.05) is 24.6 Å². The average Bonchev–Trinajstić information content (AvgIpc) is 0.838. The monoisotopic (exact) mass is 1800 g/mol. The minimum Gasteiger partial charge on any atom is -0.508 e. The lowest BCUT2D eigenvalue weighted by Crippen LogP contribution is -2.39. The van der Waals surface area contributed by atoms with Crippen LogP contribution in [0.25, 0.3) is 0 Å². The first-order chi connectivity index (χ1) is 57.5. The number of para-hydroxylation sites is 2. The number of rotatable bonds is 60. The molecule has 2 atom stereocenters. The van der Waals surface area contributed by atoms with E-state index in [2.05, 4.69) is 10.6 Å². The number of carboxylic acid groups (broad SMARTS) is 18. The van der Waals surface area contributed by atoms with Crippen LogP contribution >= 0.6 is 21.6 Å². The summed E-state index contributed by atoms with van der Waals surface area (Å²) in [6.07, 6.45) is 21.3. The van der Waals surface area contributed by atoms with Crippen molar-refractivity contribution in [2.45, 2.75) is 258 Å². The molecule has 123 heavy (non-hydrogen) atoms. The van der Waals surface area contributed by atoms with Crippen LogP contribution in [0, 0.1) is 17.3 Å². The molecule has 0 aromatic heterocycles. The van der Waals surface area contributed by atoms with Gasteiger partial charge in [-0.25, -0.2) is 9.59 Å². The highest BCUT2D eigenvalue weighted by Gasteiger charge is 2.44. The third-order valence-corrected chi connectivity index (χ3v) is 18.4. The van der Waals surface area contributed by atoms with Crippen molar-refractivity contribution in [1.29, 1.82) is 0 Å². The minimum atomic E-state index is -1.95. The highest BCUT2D eigenvalue weighted by atomic mass is 33.1. The van der Waals surface area contributed by atoms with E-state index < -0.39 is 143 Å². The van der Waals surface area contributed by atoms with E-state index in [9.17, 15) is 116 Å². The second kappa shape index (κ2) is 80.2. The zero-order chi connectivity index (χ0) is 96.0. The van der Waals surface area contributed by atoms with Crippen LogP contribution in [-0.4, -0.2) is 246 Å². The van der Waals surface area contributed by atoms with Crippen molar-refractivity contribution in [3.05, 3.63) is 59.7 Å². The lowest BCUT2D eigenvalue weighted by molar-refractivity contribution is -0.166. The Bertz CT molecular complexity index is 3300. The normalized spacial score (nSPS) is 10.6. The standard InChI is InChI=1S/C18H20N2O6.C13H24O4.C12H22O4.C9H16O4.C7H10O5.C7H12O4.C6H10O4S2.C4H6O4.C3H2O5/c21-13-7-3-1-5-11(13)15(17(23)24)19-9-10-20-16(18(25)26)12-6-2-4-8-14(12)22;14-12(15)10-8-6-4-2-1-3-5-7-9-11-13(16)17;13-11(14)9-7-5-3-1-2-4-6-8-10-12(15)16;1-3-5-9(6-4-2,7(10)11)8(12)13;8-5(1-3-6(9)10)2-4-7(11)12;1-2-3-4-5(6(8)9)7(10)11;7-5(8)1-3-11-12-4-2-6(9)10;1-2(3(5)6)4(7)8;4-1(2(5)6)3(7)8/h1-8,15-16,19-22H,9-10H2,(H,23,24)(H,25,26);1-11H2,(H,14,15)(H,16,17);1-10H2,(H,13,14)(H,15,16);3-6H2,1-2H3,(H,10,11)(H,12,13);1-4H2,(H,9,10)(H,11,12);5H,2-4H2,1H3,(H,8,9)(H,10,11);1-4H2,(H,7,8)(H,9,10);2H,1H3,(H,5,6)(H,7,8);(H,5,6)(H,7,8). The van der Waals surface area contributed by atoms with Gasteiger partial charge in [0.2, 0.25) is 0 Å². The molecule has 0 radical (unpaired) electrons. The van der Waals surface area contributed by atoms with Crippen molar-refractivity contribution >= 4 is 141 Å². The molecule has 44 heteroatoms. The van der Waals surface area contributed by atoms with Crippen LogP contribution in [0.5, 0.6) is 11.5 Å². The Morgan fingerprint density at radius 2 is 0.577 bits per heavy atom. The second-order valence-corrected chi connectivity index (χ2v) is 29.0. The van der Waals surface area contributed by atoms with Gasteiger partial charge < -0.3 is 102 Å². The smallest absolute Gasteiger partial charge is 0.384 e. The molecule has 0 saturated heterocycles. The summed E-state index contributed by atoms with van der Waals surface area (Å²) in [7, 11) is 2.79. The molecule has 2 rings (SSSR count). The molecule has 22 N–H and O–H groups in total. The molecule has 0 saturated carbocycles. The molecule has 0 amide bonds. The number of unbranched alkanes of at least 4 members (excludes halogenated alkanes) is 16. The van der Waals surface area contributed by atoms with E-state index in [-0.39, 0.29) is 125 Å². The topological polar surface area (TPSA) is 770 Å². The summed E-state index contributed by atoms with van der Waals surface area (Å²) in [4.78, 5) is 205. The van der Waals surface area contributed by atoms with E-state index in [1.807, 2.05) is 6.92 Å². The largest absolute Gasteiger partial charge is 0.508 e. The van der Waals surface area contributed by atoms with E-state index >= 15 is 0 Å². The Kier molecular flexibility index (Phi) is 81.3. The van der Waals surface area contributed by atoms with Crippen molar-refractivity contribution in [3.8, 4) is 11.5 Å². The molecule has 0 heterocycles. The van der Waals surface area contributed by atoms with Crippen LogP contribution in [0.15, 0.2) is 48.5 Å². The summed E-state index contributed by atoms with van der Waals surface area (Å²) < 4.78 is 0. The first-order valence-corrected chi connectivity index (χ1v) is 41.4. The van der Waals surface area contributed by atoms with Gasteiger partial charge in [0.15, 0.2) is 17.3 Å². The molecule has 2 aromatic rings. The van der Waals surface area contributed by atoms with Gasteiger partial charge in [-0.05, 0) is 64.0 Å². The van der Waals surface area contributed by atoms with Crippen LogP contribution in [0.2, 0.25) is 0 Å². The summed E-state index contributed by atoms with van der Waals surface area (Å²) in [5, 5.41) is 176. The van der Waals surface area contributed by atoms with Crippen LogP contribution in [0.3, 0.4) is 0 Å². The van der Waals surface area contributed by atoms with Crippen molar-refractivity contribution in [3.63, 3.8) is 0 Å².